The normalized spacial score (nSPS) is 15.6. The number of aromatic nitrogens is 1. The maximum Gasteiger partial charge on any atom is 0.0504 e. The van der Waals surface area contributed by atoms with E-state index >= 15 is 0 Å². The molecular formula is C12H13ClN2. The van der Waals surface area contributed by atoms with Gasteiger partial charge in [-0.2, -0.15) is 0 Å². The van der Waals surface area contributed by atoms with Crippen LogP contribution in [0, 0.1) is 6.92 Å². The maximum absolute atomic E-state index is 6.12. The third-order valence-electron chi connectivity index (χ3n) is 3.22. The Bertz CT molecular complexity index is 528. The van der Waals surface area contributed by atoms with Gasteiger partial charge in [-0.15, -0.1) is 0 Å². The van der Waals surface area contributed by atoms with Gasteiger partial charge < -0.3 is 10.3 Å². The standard InChI is InChI=1S/C12H13ClN2/c1-7-10(13)3-2-8-9-6-14-5-4-11(9)15-12(7)8/h2-3,14-15H,4-6H2,1H3. The molecule has 0 aliphatic carbocycles. The molecule has 2 heterocycles. The lowest BCUT2D eigenvalue weighted by molar-refractivity contribution is 0.641. The number of hydrogen-bond acceptors (Lipinski definition) is 1. The van der Waals surface area contributed by atoms with Crippen molar-refractivity contribution in [2.75, 3.05) is 6.54 Å². The zero-order valence-corrected chi connectivity index (χ0v) is 9.41. The molecule has 1 aromatic heterocycles. The summed E-state index contributed by atoms with van der Waals surface area (Å²) in [5, 5.41) is 5.56. The molecule has 2 N–H and O–H groups in total. The highest BCUT2D eigenvalue weighted by Gasteiger charge is 2.16. The lowest BCUT2D eigenvalue weighted by Gasteiger charge is -2.12. The summed E-state index contributed by atoms with van der Waals surface area (Å²) in [6.45, 7) is 4.10. The smallest absolute Gasteiger partial charge is 0.0504 e. The van der Waals surface area contributed by atoms with Gasteiger partial charge in [0.05, 0.1) is 5.52 Å². The highest BCUT2D eigenvalue weighted by atomic mass is 35.5. The number of benzene rings is 1. The Balaban J connectivity index is 2.36. The molecular weight excluding hydrogens is 208 g/mol. The van der Waals surface area contributed by atoms with Gasteiger partial charge in [0.15, 0.2) is 0 Å². The summed E-state index contributed by atoms with van der Waals surface area (Å²) < 4.78 is 0. The monoisotopic (exact) mass is 220 g/mol. The van der Waals surface area contributed by atoms with E-state index in [0.29, 0.717) is 0 Å². The summed E-state index contributed by atoms with van der Waals surface area (Å²) in [7, 11) is 0. The summed E-state index contributed by atoms with van der Waals surface area (Å²) in [6, 6.07) is 4.11. The van der Waals surface area contributed by atoms with Crippen LogP contribution in [0.2, 0.25) is 5.02 Å². The summed E-state index contributed by atoms with van der Waals surface area (Å²) in [5.74, 6) is 0. The van der Waals surface area contributed by atoms with Crippen LogP contribution in [0.25, 0.3) is 10.9 Å². The van der Waals surface area contributed by atoms with Crippen molar-refractivity contribution >= 4 is 22.5 Å². The Hall–Kier alpha value is -0.990. The van der Waals surface area contributed by atoms with Crippen LogP contribution in [-0.2, 0) is 13.0 Å². The second kappa shape index (κ2) is 3.26. The lowest BCUT2D eigenvalue weighted by Crippen LogP contribution is -2.22. The molecule has 1 aliphatic heterocycles. The fraction of sp³-hybridized carbons (Fsp3) is 0.333. The van der Waals surface area contributed by atoms with Crippen LogP contribution in [0.3, 0.4) is 0 Å². The average molecular weight is 221 g/mol. The number of halogens is 1. The van der Waals surface area contributed by atoms with Gasteiger partial charge in [-0.3, -0.25) is 0 Å². The van der Waals surface area contributed by atoms with Gasteiger partial charge in [0.1, 0.15) is 0 Å². The Morgan fingerprint density at radius 1 is 1.33 bits per heavy atom. The zero-order chi connectivity index (χ0) is 10.4. The van der Waals surface area contributed by atoms with Gasteiger partial charge in [0.25, 0.3) is 0 Å². The van der Waals surface area contributed by atoms with Crippen molar-refractivity contribution in [2.45, 2.75) is 19.9 Å². The summed E-state index contributed by atoms with van der Waals surface area (Å²) in [6.07, 6.45) is 1.08. The van der Waals surface area contributed by atoms with Crippen molar-refractivity contribution in [1.29, 1.82) is 0 Å². The summed E-state index contributed by atoms with van der Waals surface area (Å²) in [5.41, 5.74) is 5.14. The van der Waals surface area contributed by atoms with Gasteiger partial charge in [0, 0.05) is 35.6 Å². The van der Waals surface area contributed by atoms with Crippen molar-refractivity contribution in [2.24, 2.45) is 0 Å². The zero-order valence-electron chi connectivity index (χ0n) is 8.65. The first kappa shape index (κ1) is 9.25. The van der Waals surface area contributed by atoms with E-state index < -0.39 is 0 Å². The molecule has 1 aliphatic rings. The van der Waals surface area contributed by atoms with E-state index in [9.17, 15) is 0 Å². The van der Waals surface area contributed by atoms with Crippen LogP contribution < -0.4 is 5.32 Å². The lowest BCUT2D eigenvalue weighted by atomic mass is 10.0. The van der Waals surface area contributed by atoms with E-state index in [2.05, 4.69) is 23.3 Å². The SMILES string of the molecule is Cc1c(Cl)ccc2c3c([nH]c12)CCNC3. The molecule has 0 fully saturated rings. The van der Waals surface area contributed by atoms with E-state index in [0.717, 1.165) is 30.1 Å². The molecule has 78 valence electrons. The minimum atomic E-state index is 0.842. The van der Waals surface area contributed by atoms with E-state index in [1.54, 1.807) is 0 Å². The third-order valence-corrected chi connectivity index (χ3v) is 3.63. The minimum absolute atomic E-state index is 0.842. The molecule has 2 aromatic rings. The number of nitrogens with one attached hydrogen (secondary N) is 2. The number of rotatable bonds is 0. The fourth-order valence-electron chi connectivity index (χ4n) is 2.33. The minimum Gasteiger partial charge on any atom is -0.358 e. The number of H-pyrrole nitrogens is 1. The van der Waals surface area contributed by atoms with Crippen molar-refractivity contribution in [3.05, 3.63) is 34.0 Å². The molecule has 0 spiro atoms. The van der Waals surface area contributed by atoms with Crippen molar-refractivity contribution in [1.82, 2.24) is 10.3 Å². The van der Waals surface area contributed by atoms with Crippen LogP contribution in [0.1, 0.15) is 16.8 Å². The Labute approximate surface area is 93.6 Å². The maximum atomic E-state index is 6.12. The molecule has 0 saturated carbocycles. The van der Waals surface area contributed by atoms with Crippen LogP contribution in [0.15, 0.2) is 12.1 Å². The largest absolute Gasteiger partial charge is 0.358 e. The third kappa shape index (κ3) is 1.29. The number of aryl methyl sites for hydroxylation is 1. The van der Waals surface area contributed by atoms with Crippen LogP contribution in [-0.4, -0.2) is 11.5 Å². The fourth-order valence-corrected chi connectivity index (χ4v) is 2.49. The quantitative estimate of drug-likeness (QED) is 0.702. The Morgan fingerprint density at radius 2 is 2.20 bits per heavy atom. The van der Waals surface area contributed by atoms with Gasteiger partial charge >= 0.3 is 0 Å². The predicted octanol–water partition coefficient (Wildman–Crippen LogP) is 2.78. The Kier molecular flexibility index (Phi) is 2.01. The predicted molar refractivity (Wildman–Crippen MR) is 63.5 cm³/mol. The Morgan fingerprint density at radius 3 is 3.07 bits per heavy atom. The number of fused-ring (bicyclic) bond motifs is 3. The first-order valence-electron chi connectivity index (χ1n) is 5.26. The second-order valence-electron chi connectivity index (χ2n) is 4.10. The molecule has 0 amide bonds. The van der Waals surface area contributed by atoms with Gasteiger partial charge in [0.2, 0.25) is 0 Å². The van der Waals surface area contributed by atoms with Crippen molar-refractivity contribution in [3.8, 4) is 0 Å². The van der Waals surface area contributed by atoms with E-state index in [1.165, 1.54) is 22.2 Å². The first-order valence-corrected chi connectivity index (χ1v) is 5.64. The molecule has 1 aromatic carbocycles. The molecule has 0 radical (unpaired) electrons. The molecule has 0 unspecified atom stereocenters. The summed E-state index contributed by atoms with van der Waals surface area (Å²) in [4.78, 5) is 3.50. The molecule has 0 atom stereocenters. The second-order valence-corrected chi connectivity index (χ2v) is 4.51. The van der Waals surface area contributed by atoms with E-state index in [1.807, 2.05) is 6.07 Å². The molecule has 2 nitrogen and oxygen atoms in total. The van der Waals surface area contributed by atoms with Crippen molar-refractivity contribution < 1.29 is 0 Å². The van der Waals surface area contributed by atoms with Gasteiger partial charge in [-0.25, -0.2) is 0 Å². The molecule has 0 saturated heterocycles. The van der Waals surface area contributed by atoms with E-state index in [4.69, 9.17) is 11.6 Å². The molecule has 3 heteroatoms. The summed E-state index contributed by atoms with van der Waals surface area (Å²) >= 11 is 6.12. The topological polar surface area (TPSA) is 27.8 Å². The van der Waals surface area contributed by atoms with Gasteiger partial charge in [-0.05, 0) is 24.1 Å². The van der Waals surface area contributed by atoms with Crippen molar-refractivity contribution in [3.63, 3.8) is 0 Å². The van der Waals surface area contributed by atoms with Gasteiger partial charge in [-0.1, -0.05) is 17.7 Å². The highest BCUT2D eigenvalue weighted by Crippen LogP contribution is 2.30. The van der Waals surface area contributed by atoms with E-state index in [-0.39, 0.29) is 0 Å². The molecule has 3 rings (SSSR count). The van der Waals surface area contributed by atoms with Crippen LogP contribution in [0.5, 0.6) is 0 Å². The highest BCUT2D eigenvalue weighted by molar-refractivity contribution is 6.32. The number of aromatic amines is 1. The molecule has 0 bridgehead atoms. The molecule has 15 heavy (non-hydrogen) atoms. The first-order chi connectivity index (χ1) is 7.27. The number of hydrogen-bond donors (Lipinski definition) is 2. The van der Waals surface area contributed by atoms with Crippen LogP contribution >= 0.6 is 11.6 Å². The average Bonchev–Trinajstić information content (AvgIpc) is 2.63. The van der Waals surface area contributed by atoms with Crippen LogP contribution in [0.4, 0.5) is 0 Å².